The fraction of sp³-hybridized carbons (Fsp3) is 0.0833. The Morgan fingerprint density at radius 3 is 3.00 bits per heavy atom. The molecule has 0 bridgehead atoms. The Labute approximate surface area is 102 Å². The topological polar surface area (TPSA) is 83.8 Å². The van der Waals surface area contributed by atoms with Gasteiger partial charge in [0.25, 0.3) is 0 Å². The molecule has 0 aliphatic heterocycles. The molecule has 0 spiro atoms. The minimum atomic E-state index is -1.03. The number of aryl methyl sites for hydroxylation is 1. The summed E-state index contributed by atoms with van der Waals surface area (Å²) in [6.07, 6.45) is 3.10. The van der Waals surface area contributed by atoms with E-state index in [0.717, 1.165) is 16.6 Å². The molecule has 0 saturated carbocycles. The van der Waals surface area contributed by atoms with Crippen LogP contribution in [0.2, 0.25) is 0 Å². The number of rotatable bonds is 2. The highest BCUT2D eigenvalue weighted by atomic mass is 16.4. The van der Waals surface area contributed by atoms with Crippen molar-refractivity contribution >= 4 is 17.0 Å². The smallest absolute Gasteiger partial charge is 0.356 e. The van der Waals surface area contributed by atoms with Crippen molar-refractivity contribution in [1.29, 1.82) is 0 Å². The van der Waals surface area contributed by atoms with Crippen LogP contribution >= 0.6 is 0 Å². The van der Waals surface area contributed by atoms with Crippen molar-refractivity contribution < 1.29 is 9.90 Å². The summed E-state index contributed by atoms with van der Waals surface area (Å²) in [5.74, 6) is -1.03. The molecule has 90 valence electrons. The number of H-pyrrole nitrogens is 1. The number of hydrogen-bond donors (Lipinski definition) is 2. The van der Waals surface area contributed by atoms with Gasteiger partial charge in [0.1, 0.15) is 0 Å². The monoisotopic (exact) mass is 242 g/mol. The molecular formula is C12H10N4O2. The molecule has 2 heterocycles. The summed E-state index contributed by atoms with van der Waals surface area (Å²) in [6, 6.07) is 5.55. The predicted octanol–water partition coefficient (Wildman–Crippen LogP) is 1.66. The minimum absolute atomic E-state index is 0.0522. The van der Waals surface area contributed by atoms with E-state index < -0.39 is 5.97 Å². The lowest BCUT2D eigenvalue weighted by Crippen LogP contribution is -2.01. The van der Waals surface area contributed by atoms with Gasteiger partial charge in [0.2, 0.25) is 0 Å². The summed E-state index contributed by atoms with van der Waals surface area (Å²) >= 11 is 0. The SMILES string of the molecule is Cn1cnc(C(=O)O)c1-c1ccc2nc[nH]c2c1. The number of benzene rings is 1. The van der Waals surface area contributed by atoms with Crippen LogP contribution in [0.5, 0.6) is 0 Å². The highest BCUT2D eigenvalue weighted by Crippen LogP contribution is 2.25. The van der Waals surface area contributed by atoms with Gasteiger partial charge in [0, 0.05) is 12.6 Å². The average Bonchev–Trinajstić information content (AvgIpc) is 2.93. The lowest BCUT2D eigenvalue weighted by Gasteiger charge is -2.04. The maximum atomic E-state index is 11.1. The lowest BCUT2D eigenvalue weighted by atomic mass is 10.1. The maximum absolute atomic E-state index is 11.1. The molecule has 1 aromatic carbocycles. The molecule has 2 N–H and O–H groups in total. The fourth-order valence-corrected chi connectivity index (χ4v) is 2.01. The molecule has 3 aromatic rings. The third-order valence-electron chi connectivity index (χ3n) is 2.83. The van der Waals surface area contributed by atoms with Crippen LogP contribution in [0.4, 0.5) is 0 Å². The first-order valence-electron chi connectivity index (χ1n) is 5.35. The van der Waals surface area contributed by atoms with Gasteiger partial charge in [-0.05, 0) is 12.1 Å². The Morgan fingerprint density at radius 2 is 2.22 bits per heavy atom. The zero-order valence-electron chi connectivity index (χ0n) is 9.58. The van der Waals surface area contributed by atoms with Crippen LogP contribution in [-0.4, -0.2) is 30.6 Å². The van der Waals surface area contributed by atoms with E-state index in [-0.39, 0.29) is 5.69 Å². The summed E-state index contributed by atoms with van der Waals surface area (Å²) in [4.78, 5) is 22.2. The van der Waals surface area contributed by atoms with Crippen LogP contribution in [0.1, 0.15) is 10.5 Å². The van der Waals surface area contributed by atoms with Gasteiger partial charge < -0.3 is 14.7 Å². The van der Waals surface area contributed by atoms with Gasteiger partial charge in [-0.1, -0.05) is 6.07 Å². The largest absolute Gasteiger partial charge is 0.476 e. The van der Waals surface area contributed by atoms with Gasteiger partial charge in [0.05, 0.1) is 29.4 Å². The highest BCUT2D eigenvalue weighted by molar-refractivity contribution is 5.94. The third-order valence-corrected chi connectivity index (χ3v) is 2.83. The molecular weight excluding hydrogens is 232 g/mol. The van der Waals surface area contributed by atoms with E-state index >= 15 is 0 Å². The van der Waals surface area contributed by atoms with Gasteiger partial charge in [-0.2, -0.15) is 0 Å². The van der Waals surface area contributed by atoms with Crippen molar-refractivity contribution in [2.45, 2.75) is 0 Å². The summed E-state index contributed by atoms with van der Waals surface area (Å²) in [5.41, 5.74) is 3.14. The lowest BCUT2D eigenvalue weighted by molar-refractivity contribution is 0.0692. The Kier molecular flexibility index (Phi) is 2.16. The first-order valence-corrected chi connectivity index (χ1v) is 5.35. The van der Waals surface area contributed by atoms with E-state index in [2.05, 4.69) is 15.0 Å². The first kappa shape index (κ1) is 10.5. The number of carboxylic acids is 1. The molecule has 0 amide bonds. The fourth-order valence-electron chi connectivity index (χ4n) is 2.01. The van der Waals surface area contributed by atoms with Gasteiger partial charge in [-0.25, -0.2) is 14.8 Å². The number of imidazole rings is 2. The second-order valence-electron chi connectivity index (χ2n) is 3.99. The maximum Gasteiger partial charge on any atom is 0.356 e. The van der Waals surface area contributed by atoms with Gasteiger partial charge in [-0.3, -0.25) is 0 Å². The number of hydrogen-bond acceptors (Lipinski definition) is 3. The van der Waals surface area contributed by atoms with Crippen molar-refractivity contribution in [3.05, 3.63) is 36.5 Å². The average molecular weight is 242 g/mol. The normalized spacial score (nSPS) is 10.9. The molecule has 0 aliphatic carbocycles. The number of aromatic nitrogens is 4. The molecule has 0 atom stereocenters. The quantitative estimate of drug-likeness (QED) is 0.715. The highest BCUT2D eigenvalue weighted by Gasteiger charge is 2.17. The second kappa shape index (κ2) is 3.69. The zero-order valence-corrected chi connectivity index (χ0v) is 9.58. The van der Waals surface area contributed by atoms with E-state index in [1.165, 1.54) is 6.33 Å². The Bertz CT molecular complexity index is 741. The van der Waals surface area contributed by atoms with Crippen LogP contribution in [0, 0.1) is 0 Å². The molecule has 0 saturated heterocycles. The summed E-state index contributed by atoms with van der Waals surface area (Å²) in [5, 5.41) is 9.12. The van der Waals surface area contributed by atoms with E-state index in [4.69, 9.17) is 5.11 Å². The molecule has 0 fully saturated rings. The van der Waals surface area contributed by atoms with Crippen molar-refractivity contribution in [2.24, 2.45) is 7.05 Å². The molecule has 2 aromatic heterocycles. The van der Waals surface area contributed by atoms with E-state index in [1.54, 1.807) is 17.9 Å². The number of fused-ring (bicyclic) bond motifs is 1. The standard InChI is InChI=1S/C12H10N4O2/c1-16-6-15-10(12(17)18)11(16)7-2-3-8-9(4-7)14-5-13-8/h2-6H,1H3,(H,13,14)(H,17,18). The number of aromatic amines is 1. The minimum Gasteiger partial charge on any atom is -0.476 e. The molecule has 0 radical (unpaired) electrons. The van der Waals surface area contributed by atoms with Crippen LogP contribution in [0.25, 0.3) is 22.3 Å². The van der Waals surface area contributed by atoms with E-state index in [0.29, 0.717) is 5.69 Å². The van der Waals surface area contributed by atoms with Gasteiger partial charge >= 0.3 is 5.97 Å². The van der Waals surface area contributed by atoms with Crippen molar-refractivity contribution in [3.8, 4) is 11.3 Å². The molecule has 0 aliphatic rings. The van der Waals surface area contributed by atoms with E-state index in [1.807, 2.05) is 18.2 Å². The second-order valence-corrected chi connectivity index (χ2v) is 3.99. The van der Waals surface area contributed by atoms with Gasteiger partial charge in [-0.15, -0.1) is 0 Å². The summed E-state index contributed by atoms with van der Waals surface area (Å²) in [6.45, 7) is 0. The van der Waals surface area contributed by atoms with Crippen LogP contribution < -0.4 is 0 Å². The number of carbonyl (C=O) groups is 1. The number of aromatic carboxylic acids is 1. The van der Waals surface area contributed by atoms with Crippen LogP contribution in [-0.2, 0) is 7.05 Å². The van der Waals surface area contributed by atoms with Crippen molar-refractivity contribution in [3.63, 3.8) is 0 Å². The Morgan fingerprint density at radius 1 is 1.39 bits per heavy atom. The Balaban J connectivity index is 2.24. The Hall–Kier alpha value is -2.63. The first-order chi connectivity index (χ1) is 8.66. The van der Waals surface area contributed by atoms with Crippen molar-refractivity contribution in [2.75, 3.05) is 0 Å². The zero-order chi connectivity index (χ0) is 12.7. The van der Waals surface area contributed by atoms with E-state index in [9.17, 15) is 4.79 Å². The molecule has 6 heteroatoms. The molecule has 6 nitrogen and oxygen atoms in total. The molecule has 3 rings (SSSR count). The van der Waals surface area contributed by atoms with Crippen LogP contribution in [0.15, 0.2) is 30.9 Å². The third kappa shape index (κ3) is 1.46. The van der Waals surface area contributed by atoms with Crippen LogP contribution in [0.3, 0.4) is 0 Å². The van der Waals surface area contributed by atoms with Crippen molar-refractivity contribution in [1.82, 2.24) is 19.5 Å². The summed E-state index contributed by atoms with van der Waals surface area (Å²) < 4.78 is 1.70. The molecule has 0 unspecified atom stereocenters. The number of carboxylic acid groups (broad SMARTS) is 1. The van der Waals surface area contributed by atoms with Gasteiger partial charge in [0.15, 0.2) is 5.69 Å². The predicted molar refractivity (Wildman–Crippen MR) is 65.3 cm³/mol. The number of nitrogens with one attached hydrogen (secondary N) is 1. The number of nitrogens with zero attached hydrogens (tertiary/aromatic N) is 3. The summed E-state index contributed by atoms with van der Waals surface area (Å²) in [7, 11) is 1.77. The molecule has 18 heavy (non-hydrogen) atoms.